The molecule has 1 aromatic carbocycles. The predicted molar refractivity (Wildman–Crippen MR) is 87.5 cm³/mol. The van der Waals surface area contributed by atoms with Gasteiger partial charge in [-0.15, -0.1) is 0 Å². The van der Waals surface area contributed by atoms with Crippen molar-refractivity contribution in [3.63, 3.8) is 0 Å². The van der Waals surface area contributed by atoms with Crippen LogP contribution in [0.25, 0.3) is 0 Å². The van der Waals surface area contributed by atoms with Gasteiger partial charge in [0.2, 0.25) is 0 Å². The van der Waals surface area contributed by atoms with Crippen molar-refractivity contribution in [2.45, 2.75) is 18.8 Å². The molecular formula is C16H17Cl2N3O. The van der Waals surface area contributed by atoms with E-state index in [1.54, 1.807) is 22.9 Å². The number of aryl methyl sites for hydroxylation is 1. The van der Waals surface area contributed by atoms with Gasteiger partial charge in [-0.1, -0.05) is 23.2 Å². The summed E-state index contributed by atoms with van der Waals surface area (Å²) < 4.78 is 1.80. The van der Waals surface area contributed by atoms with Crippen LogP contribution < -0.4 is 0 Å². The van der Waals surface area contributed by atoms with Crippen LogP contribution in [0, 0.1) is 0 Å². The Hall–Kier alpha value is -1.52. The average Bonchev–Trinajstić information content (AvgIpc) is 2.96. The van der Waals surface area contributed by atoms with E-state index in [0.717, 1.165) is 19.4 Å². The minimum atomic E-state index is 0.00663. The van der Waals surface area contributed by atoms with Crippen LogP contribution in [-0.4, -0.2) is 33.7 Å². The summed E-state index contributed by atoms with van der Waals surface area (Å²) in [6, 6.07) is 5.03. The molecule has 1 atom stereocenters. The molecule has 1 saturated heterocycles. The zero-order chi connectivity index (χ0) is 15.7. The third kappa shape index (κ3) is 3.13. The maximum atomic E-state index is 12.6. The highest BCUT2D eigenvalue weighted by atomic mass is 35.5. The fourth-order valence-electron chi connectivity index (χ4n) is 2.90. The van der Waals surface area contributed by atoms with Crippen LogP contribution in [0.3, 0.4) is 0 Å². The van der Waals surface area contributed by atoms with Gasteiger partial charge < -0.3 is 4.90 Å². The molecule has 1 fully saturated rings. The van der Waals surface area contributed by atoms with Crippen LogP contribution in [0.4, 0.5) is 0 Å². The molecule has 1 aromatic heterocycles. The van der Waals surface area contributed by atoms with Crippen molar-refractivity contribution >= 4 is 29.1 Å². The van der Waals surface area contributed by atoms with Gasteiger partial charge in [-0.3, -0.25) is 9.48 Å². The van der Waals surface area contributed by atoms with Crippen molar-refractivity contribution < 1.29 is 4.79 Å². The number of carbonyl (C=O) groups excluding carboxylic acids is 1. The lowest BCUT2D eigenvalue weighted by Crippen LogP contribution is -2.39. The van der Waals surface area contributed by atoms with Gasteiger partial charge in [-0.05, 0) is 36.6 Å². The number of benzene rings is 1. The first-order valence-corrected chi connectivity index (χ1v) is 8.03. The quantitative estimate of drug-likeness (QED) is 0.836. The van der Waals surface area contributed by atoms with E-state index in [1.165, 1.54) is 5.56 Å². The van der Waals surface area contributed by atoms with Crippen molar-refractivity contribution in [3.8, 4) is 0 Å². The SMILES string of the molecule is Cn1cc(C2CCCN(C(=O)c3ccc(Cl)c(Cl)c3)C2)cn1. The molecule has 1 amide bonds. The third-order valence-electron chi connectivity index (χ3n) is 4.07. The zero-order valence-electron chi connectivity index (χ0n) is 12.3. The number of piperidine rings is 1. The van der Waals surface area contributed by atoms with E-state index in [-0.39, 0.29) is 5.91 Å². The molecule has 0 N–H and O–H groups in total. The van der Waals surface area contributed by atoms with Gasteiger partial charge >= 0.3 is 0 Å². The van der Waals surface area contributed by atoms with E-state index in [9.17, 15) is 4.79 Å². The van der Waals surface area contributed by atoms with E-state index in [0.29, 0.717) is 28.1 Å². The van der Waals surface area contributed by atoms with Crippen molar-refractivity contribution in [3.05, 3.63) is 51.8 Å². The van der Waals surface area contributed by atoms with E-state index in [1.807, 2.05) is 24.3 Å². The summed E-state index contributed by atoms with van der Waals surface area (Å²) >= 11 is 11.9. The fraction of sp³-hybridized carbons (Fsp3) is 0.375. The monoisotopic (exact) mass is 337 g/mol. The van der Waals surface area contributed by atoms with Crippen LogP contribution in [0.15, 0.2) is 30.6 Å². The number of hydrogen-bond donors (Lipinski definition) is 0. The smallest absolute Gasteiger partial charge is 0.253 e. The van der Waals surface area contributed by atoms with Crippen LogP contribution in [0.2, 0.25) is 10.0 Å². The Morgan fingerprint density at radius 2 is 2.14 bits per heavy atom. The molecule has 116 valence electrons. The molecule has 0 aliphatic carbocycles. The molecule has 3 rings (SSSR count). The molecule has 0 saturated carbocycles. The molecule has 1 aliphatic heterocycles. The lowest BCUT2D eigenvalue weighted by molar-refractivity contribution is 0.0707. The van der Waals surface area contributed by atoms with E-state index >= 15 is 0 Å². The molecule has 2 aromatic rings. The lowest BCUT2D eigenvalue weighted by Gasteiger charge is -2.32. The highest BCUT2D eigenvalue weighted by Gasteiger charge is 2.26. The van der Waals surface area contributed by atoms with Crippen molar-refractivity contribution in [2.24, 2.45) is 7.05 Å². The van der Waals surface area contributed by atoms with Crippen molar-refractivity contribution in [1.29, 1.82) is 0 Å². The summed E-state index contributed by atoms with van der Waals surface area (Å²) in [6.45, 7) is 1.49. The molecular weight excluding hydrogens is 321 g/mol. The minimum absolute atomic E-state index is 0.00663. The largest absolute Gasteiger partial charge is 0.338 e. The summed E-state index contributed by atoms with van der Waals surface area (Å²) in [5.74, 6) is 0.348. The van der Waals surface area contributed by atoms with Gasteiger partial charge in [0.05, 0.1) is 16.2 Å². The first-order chi connectivity index (χ1) is 10.5. The van der Waals surface area contributed by atoms with Crippen LogP contribution in [-0.2, 0) is 7.05 Å². The van der Waals surface area contributed by atoms with Crippen molar-refractivity contribution in [1.82, 2.24) is 14.7 Å². The third-order valence-corrected chi connectivity index (χ3v) is 4.81. The highest BCUT2D eigenvalue weighted by molar-refractivity contribution is 6.42. The van der Waals surface area contributed by atoms with Gasteiger partial charge in [-0.2, -0.15) is 5.10 Å². The van der Waals surface area contributed by atoms with Crippen LogP contribution in [0.5, 0.6) is 0 Å². The van der Waals surface area contributed by atoms with E-state index in [2.05, 4.69) is 5.10 Å². The second-order valence-corrected chi connectivity index (χ2v) is 6.48. The standard InChI is InChI=1S/C16H17Cl2N3O/c1-20-9-13(8-19-20)12-3-2-6-21(10-12)16(22)11-4-5-14(17)15(18)7-11/h4-5,7-9,12H,2-3,6,10H2,1H3. The molecule has 0 radical (unpaired) electrons. The average molecular weight is 338 g/mol. The molecule has 1 unspecified atom stereocenters. The zero-order valence-corrected chi connectivity index (χ0v) is 13.8. The maximum Gasteiger partial charge on any atom is 0.253 e. The van der Waals surface area contributed by atoms with Gasteiger partial charge in [0.25, 0.3) is 5.91 Å². The second-order valence-electron chi connectivity index (χ2n) is 5.67. The lowest BCUT2D eigenvalue weighted by atomic mass is 9.92. The van der Waals surface area contributed by atoms with E-state index in [4.69, 9.17) is 23.2 Å². The van der Waals surface area contributed by atoms with Crippen LogP contribution in [0.1, 0.15) is 34.7 Å². The molecule has 6 heteroatoms. The number of hydrogen-bond acceptors (Lipinski definition) is 2. The summed E-state index contributed by atoms with van der Waals surface area (Å²) in [4.78, 5) is 14.5. The highest BCUT2D eigenvalue weighted by Crippen LogP contribution is 2.28. The number of carbonyl (C=O) groups is 1. The molecule has 22 heavy (non-hydrogen) atoms. The predicted octanol–water partition coefficient (Wildman–Crippen LogP) is 3.75. The Balaban J connectivity index is 1.76. The van der Waals surface area contributed by atoms with Crippen molar-refractivity contribution in [2.75, 3.05) is 13.1 Å². The number of aromatic nitrogens is 2. The molecule has 0 bridgehead atoms. The minimum Gasteiger partial charge on any atom is -0.338 e. The normalized spacial score (nSPS) is 18.5. The van der Waals surface area contributed by atoms with Gasteiger partial charge in [0, 0.05) is 37.8 Å². The Morgan fingerprint density at radius 1 is 1.32 bits per heavy atom. The first kappa shape index (κ1) is 15.4. The molecule has 1 aliphatic rings. The number of halogens is 2. The summed E-state index contributed by atoms with van der Waals surface area (Å²) in [7, 11) is 1.91. The topological polar surface area (TPSA) is 38.1 Å². The van der Waals surface area contributed by atoms with Gasteiger partial charge in [-0.25, -0.2) is 0 Å². The summed E-state index contributed by atoms with van der Waals surface area (Å²) in [5, 5.41) is 5.10. The van der Waals surface area contributed by atoms with E-state index < -0.39 is 0 Å². The summed E-state index contributed by atoms with van der Waals surface area (Å²) in [6.07, 6.45) is 5.99. The van der Waals surface area contributed by atoms with Gasteiger partial charge in [0.15, 0.2) is 0 Å². The number of likely N-dealkylation sites (tertiary alicyclic amines) is 1. The van der Waals surface area contributed by atoms with Crippen LogP contribution >= 0.6 is 23.2 Å². The Labute approximate surface area is 139 Å². The molecule has 2 heterocycles. The second kappa shape index (κ2) is 6.31. The Bertz CT molecular complexity index is 698. The summed E-state index contributed by atoms with van der Waals surface area (Å²) in [5.41, 5.74) is 1.77. The Morgan fingerprint density at radius 3 is 2.82 bits per heavy atom. The van der Waals surface area contributed by atoms with Gasteiger partial charge in [0.1, 0.15) is 0 Å². The fourth-order valence-corrected chi connectivity index (χ4v) is 3.19. The number of rotatable bonds is 2. The maximum absolute atomic E-state index is 12.6. The number of nitrogens with zero attached hydrogens (tertiary/aromatic N) is 3. The first-order valence-electron chi connectivity index (χ1n) is 7.27. The molecule has 4 nitrogen and oxygen atoms in total. The number of amides is 1. The Kier molecular flexibility index (Phi) is 4.41. The molecule has 0 spiro atoms.